The van der Waals surface area contributed by atoms with Crippen molar-refractivity contribution in [3.05, 3.63) is 34.3 Å². The summed E-state index contributed by atoms with van der Waals surface area (Å²) in [5.41, 5.74) is 4.29. The molecule has 14 heavy (non-hydrogen) atoms. The third-order valence-electron chi connectivity index (χ3n) is 2.03. The minimum atomic E-state index is 0.271. The molecule has 78 valence electrons. The number of hydrogen-bond acceptors (Lipinski definition) is 2. The first kappa shape index (κ1) is 11.7. The van der Waals surface area contributed by atoms with E-state index in [2.05, 4.69) is 40.5 Å². The van der Waals surface area contributed by atoms with Gasteiger partial charge in [-0.2, -0.15) is 5.48 Å². The average Bonchev–Trinajstić information content (AvgIpc) is 2.19. The van der Waals surface area contributed by atoms with E-state index in [0.717, 1.165) is 10.9 Å². The number of rotatable bonds is 5. The van der Waals surface area contributed by atoms with Crippen LogP contribution in [0.1, 0.15) is 31.9 Å². The minimum absolute atomic E-state index is 0.271. The molecule has 2 nitrogen and oxygen atoms in total. The van der Waals surface area contributed by atoms with Crippen LogP contribution in [0, 0.1) is 0 Å². The van der Waals surface area contributed by atoms with Gasteiger partial charge in [0, 0.05) is 4.47 Å². The van der Waals surface area contributed by atoms with Crippen LogP contribution in [0.5, 0.6) is 0 Å². The lowest BCUT2D eigenvalue weighted by Crippen LogP contribution is -2.20. The molecular formula is C11H16BrNO. The number of benzene rings is 1. The first-order valence-corrected chi connectivity index (χ1v) is 5.70. The normalized spacial score (nSPS) is 12.8. The SMILES string of the molecule is CCONC(CC)c1cccc(Br)c1. The molecule has 0 radical (unpaired) electrons. The average molecular weight is 258 g/mol. The quantitative estimate of drug-likeness (QED) is 0.817. The summed E-state index contributed by atoms with van der Waals surface area (Å²) in [7, 11) is 0. The summed E-state index contributed by atoms with van der Waals surface area (Å²) >= 11 is 3.46. The summed E-state index contributed by atoms with van der Waals surface area (Å²) < 4.78 is 1.10. The molecule has 0 heterocycles. The summed E-state index contributed by atoms with van der Waals surface area (Å²) in [6.45, 7) is 4.79. The zero-order valence-corrected chi connectivity index (χ0v) is 10.2. The molecule has 0 saturated heterocycles. The van der Waals surface area contributed by atoms with Crippen molar-refractivity contribution in [3.8, 4) is 0 Å². The number of hydroxylamine groups is 1. The molecule has 0 fully saturated rings. The maximum Gasteiger partial charge on any atom is 0.0654 e. The van der Waals surface area contributed by atoms with Gasteiger partial charge >= 0.3 is 0 Å². The molecule has 1 rings (SSSR count). The smallest absolute Gasteiger partial charge is 0.0654 e. The Kier molecular flexibility index (Phi) is 5.15. The highest BCUT2D eigenvalue weighted by Gasteiger charge is 2.08. The van der Waals surface area contributed by atoms with Gasteiger partial charge in [0.25, 0.3) is 0 Å². The van der Waals surface area contributed by atoms with E-state index >= 15 is 0 Å². The van der Waals surface area contributed by atoms with Crippen molar-refractivity contribution < 1.29 is 4.84 Å². The second kappa shape index (κ2) is 6.17. The Balaban J connectivity index is 2.68. The number of halogens is 1. The van der Waals surface area contributed by atoms with Crippen molar-refractivity contribution in [3.63, 3.8) is 0 Å². The van der Waals surface area contributed by atoms with Crippen LogP contribution in [0.15, 0.2) is 28.7 Å². The van der Waals surface area contributed by atoms with Crippen LogP contribution >= 0.6 is 15.9 Å². The molecule has 0 saturated carbocycles. The van der Waals surface area contributed by atoms with Gasteiger partial charge in [-0.3, -0.25) is 0 Å². The van der Waals surface area contributed by atoms with Crippen molar-refractivity contribution >= 4 is 15.9 Å². The van der Waals surface area contributed by atoms with E-state index in [1.54, 1.807) is 0 Å². The number of hydrogen-bond donors (Lipinski definition) is 1. The summed E-state index contributed by atoms with van der Waals surface area (Å²) in [4.78, 5) is 5.22. The van der Waals surface area contributed by atoms with Crippen molar-refractivity contribution in [1.82, 2.24) is 5.48 Å². The monoisotopic (exact) mass is 257 g/mol. The third kappa shape index (κ3) is 3.40. The predicted octanol–water partition coefficient (Wildman–Crippen LogP) is 3.44. The van der Waals surface area contributed by atoms with E-state index in [4.69, 9.17) is 4.84 Å². The highest BCUT2D eigenvalue weighted by Crippen LogP contribution is 2.20. The lowest BCUT2D eigenvalue weighted by Gasteiger charge is -2.16. The Hall–Kier alpha value is -0.380. The van der Waals surface area contributed by atoms with Crippen LogP contribution in [0.25, 0.3) is 0 Å². The van der Waals surface area contributed by atoms with Gasteiger partial charge < -0.3 is 4.84 Å². The molecule has 3 heteroatoms. The molecule has 0 aromatic heterocycles. The standard InChI is InChI=1S/C11H16BrNO/c1-3-11(13-14-4-2)9-6-5-7-10(12)8-9/h5-8,11,13H,3-4H2,1-2H3. The van der Waals surface area contributed by atoms with Crippen LogP contribution in [-0.2, 0) is 4.84 Å². The zero-order valence-electron chi connectivity index (χ0n) is 8.59. The molecule has 1 unspecified atom stereocenters. The van der Waals surface area contributed by atoms with Gasteiger partial charge in [0.05, 0.1) is 12.6 Å². The molecule has 1 aromatic carbocycles. The highest BCUT2D eigenvalue weighted by molar-refractivity contribution is 9.10. The van der Waals surface area contributed by atoms with Gasteiger partial charge in [-0.05, 0) is 31.0 Å². The fourth-order valence-electron chi connectivity index (χ4n) is 1.29. The Morgan fingerprint density at radius 1 is 1.43 bits per heavy atom. The molecule has 0 amide bonds. The van der Waals surface area contributed by atoms with Crippen molar-refractivity contribution in [1.29, 1.82) is 0 Å². The lowest BCUT2D eigenvalue weighted by molar-refractivity contribution is 0.0230. The largest absolute Gasteiger partial charge is 0.302 e. The second-order valence-corrected chi connectivity index (χ2v) is 3.98. The molecule has 1 N–H and O–H groups in total. The van der Waals surface area contributed by atoms with Crippen LogP contribution in [0.4, 0.5) is 0 Å². The van der Waals surface area contributed by atoms with Gasteiger partial charge in [-0.15, -0.1) is 0 Å². The van der Waals surface area contributed by atoms with E-state index < -0.39 is 0 Å². The molecule has 0 spiro atoms. The van der Waals surface area contributed by atoms with E-state index in [-0.39, 0.29) is 6.04 Å². The predicted molar refractivity (Wildman–Crippen MR) is 61.9 cm³/mol. The first-order chi connectivity index (χ1) is 6.77. The Morgan fingerprint density at radius 2 is 2.21 bits per heavy atom. The topological polar surface area (TPSA) is 21.3 Å². The van der Waals surface area contributed by atoms with Crippen LogP contribution in [-0.4, -0.2) is 6.61 Å². The molecular weight excluding hydrogens is 242 g/mol. The summed E-state index contributed by atoms with van der Waals surface area (Å²) in [6.07, 6.45) is 1.01. The second-order valence-electron chi connectivity index (χ2n) is 3.07. The summed E-state index contributed by atoms with van der Waals surface area (Å²) in [5, 5.41) is 0. The van der Waals surface area contributed by atoms with Crippen LogP contribution in [0.3, 0.4) is 0 Å². The Morgan fingerprint density at radius 3 is 2.79 bits per heavy atom. The van der Waals surface area contributed by atoms with Gasteiger partial charge in [-0.25, -0.2) is 0 Å². The molecule has 0 aliphatic rings. The lowest BCUT2D eigenvalue weighted by atomic mass is 10.1. The Labute approximate surface area is 93.7 Å². The minimum Gasteiger partial charge on any atom is -0.302 e. The van der Waals surface area contributed by atoms with Gasteiger partial charge in [-0.1, -0.05) is 35.0 Å². The number of nitrogens with one attached hydrogen (secondary N) is 1. The maximum absolute atomic E-state index is 5.22. The van der Waals surface area contributed by atoms with E-state index in [0.29, 0.717) is 6.61 Å². The van der Waals surface area contributed by atoms with Gasteiger partial charge in [0.15, 0.2) is 0 Å². The van der Waals surface area contributed by atoms with Crippen molar-refractivity contribution in [2.24, 2.45) is 0 Å². The van der Waals surface area contributed by atoms with Crippen molar-refractivity contribution in [2.75, 3.05) is 6.61 Å². The summed E-state index contributed by atoms with van der Waals surface area (Å²) in [6, 6.07) is 8.55. The van der Waals surface area contributed by atoms with E-state index in [1.165, 1.54) is 5.56 Å². The van der Waals surface area contributed by atoms with Crippen molar-refractivity contribution in [2.45, 2.75) is 26.3 Å². The maximum atomic E-state index is 5.22. The fourth-order valence-corrected chi connectivity index (χ4v) is 1.71. The van der Waals surface area contributed by atoms with Gasteiger partial charge in [0.2, 0.25) is 0 Å². The van der Waals surface area contributed by atoms with E-state index in [9.17, 15) is 0 Å². The van der Waals surface area contributed by atoms with Crippen LogP contribution in [0.2, 0.25) is 0 Å². The molecule has 0 bridgehead atoms. The first-order valence-electron chi connectivity index (χ1n) is 4.90. The molecule has 1 atom stereocenters. The fraction of sp³-hybridized carbons (Fsp3) is 0.455. The van der Waals surface area contributed by atoms with Gasteiger partial charge in [0.1, 0.15) is 0 Å². The molecule has 1 aromatic rings. The molecule has 0 aliphatic carbocycles. The highest BCUT2D eigenvalue weighted by atomic mass is 79.9. The third-order valence-corrected chi connectivity index (χ3v) is 2.52. The molecule has 0 aliphatic heterocycles. The Bertz CT molecular complexity index is 278. The van der Waals surface area contributed by atoms with E-state index in [1.807, 2.05) is 19.1 Å². The summed E-state index contributed by atoms with van der Waals surface area (Å²) in [5.74, 6) is 0. The van der Waals surface area contributed by atoms with Crippen LogP contribution < -0.4 is 5.48 Å². The zero-order chi connectivity index (χ0) is 10.4.